The number of nitrogens with zero attached hydrogens (tertiary/aromatic N) is 2. The lowest BCUT2D eigenvalue weighted by Gasteiger charge is -2.24. The number of hydrogen-bond acceptors (Lipinski definition) is 5. The third-order valence-corrected chi connectivity index (χ3v) is 4.81. The van der Waals surface area contributed by atoms with Crippen LogP contribution in [0.1, 0.15) is 26.7 Å². The van der Waals surface area contributed by atoms with Crippen LogP contribution in [0.15, 0.2) is 23.4 Å². The summed E-state index contributed by atoms with van der Waals surface area (Å²) >= 11 is 0. The zero-order valence-corrected chi connectivity index (χ0v) is 11.7. The van der Waals surface area contributed by atoms with Crippen molar-refractivity contribution in [3.05, 3.63) is 18.3 Å². The van der Waals surface area contributed by atoms with Gasteiger partial charge in [-0.15, -0.1) is 0 Å². The second kappa shape index (κ2) is 6.12. The molecular weight excluding hydrogens is 252 g/mol. The monoisotopic (exact) mass is 272 g/mol. The molecule has 0 spiro atoms. The van der Waals surface area contributed by atoms with Crippen LogP contribution < -0.4 is 11.3 Å². The summed E-state index contributed by atoms with van der Waals surface area (Å²) in [5, 5.41) is -0.0436. The summed E-state index contributed by atoms with van der Waals surface area (Å²) in [7, 11) is -2.06. The van der Waals surface area contributed by atoms with Crippen molar-refractivity contribution >= 4 is 15.7 Å². The van der Waals surface area contributed by atoms with Crippen LogP contribution in [0.5, 0.6) is 0 Å². The molecule has 1 heterocycles. The smallest absolute Gasteiger partial charge is 0.262 e. The van der Waals surface area contributed by atoms with Crippen molar-refractivity contribution in [2.45, 2.75) is 37.8 Å². The predicted octanol–water partition coefficient (Wildman–Crippen LogP) is 1.18. The Morgan fingerprint density at radius 3 is 2.78 bits per heavy atom. The molecule has 1 unspecified atom stereocenters. The molecular formula is C11H20N4O2S. The Morgan fingerprint density at radius 2 is 2.22 bits per heavy atom. The van der Waals surface area contributed by atoms with E-state index in [1.54, 1.807) is 19.2 Å². The first-order valence-electron chi connectivity index (χ1n) is 5.84. The highest BCUT2D eigenvalue weighted by Crippen LogP contribution is 2.22. The molecule has 0 saturated carbocycles. The van der Waals surface area contributed by atoms with Gasteiger partial charge in [0.15, 0.2) is 5.03 Å². The molecule has 0 radical (unpaired) electrons. The molecule has 0 fully saturated rings. The largest absolute Gasteiger partial charge is 0.321 e. The van der Waals surface area contributed by atoms with Gasteiger partial charge in [0.1, 0.15) is 0 Å². The number of anilines is 1. The van der Waals surface area contributed by atoms with Crippen molar-refractivity contribution < 1.29 is 8.42 Å². The maximum atomic E-state index is 12.4. The molecule has 18 heavy (non-hydrogen) atoms. The number of pyridine rings is 1. The number of nitrogens with two attached hydrogens (primary N) is 1. The normalized spacial score (nSPS) is 13.6. The van der Waals surface area contributed by atoms with E-state index in [1.807, 2.05) is 13.8 Å². The van der Waals surface area contributed by atoms with Gasteiger partial charge >= 0.3 is 0 Å². The summed E-state index contributed by atoms with van der Waals surface area (Å²) in [6.45, 7) is 3.89. The summed E-state index contributed by atoms with van der Waals surface area (Å²) in [6.07, 6.45) is 3.16. The molecule has 3 N–H and O–H groups in total. The van der Waals surface area contributed by atoms with E-state index in [2.05, 4.69) is 10.4 Å². The molecule has 1 atom stereocenters. The lowest BCUT2D eigenvalue weighted by molar-refractivity contribution is 0.367. The summed E-state index contributed by atoms with van der Waals surface area (Å²) in [5.41, 5.74) is 2.66. The highest BCUT2D eigenvalue weighted by atomic mass is 32.2. The summed E-state index contributed by atoms with van der Waals surface area (Å²) in [6, 6.07) is 3.13. The van der Waals surface area contributed by atoms with Crippen LogP contribution in [0.4, 0.5) is 5.69 Å². The van der Waals surface area contributed by atoms with E-state index >= 15 is 0 Å². The van der Waals surface area contributed by atoms with Gasteiger partial charge < -0.3 is 5.43 Å². The third-order valence-electron chi connectivity index (χ3n) is 2.88. The van der Waals surface area contributed by atoms with Crippen molar-refractivity contribution in [2.75, 3.05) is 12.5 Å². The van der Waals surface area contributed by atoms with E-state index in [-0.39, 0.29) is 11.1 Å². The molecule has 0 aliphatic heterocycles. The molecule has 0 saturated heterocycles. The first-order chi connectivity index (χ1) is 8.45. The average molecular weight is 272 g/mol. The molecule has 102 valence electrons. The van der Waals surface area contributed by atoms with Crippen LogP contribution in [0.3, 0.4) is 0 Å². The maximum Gasteiger partial charge on any atom is 0.262 e. The van der Waals surface area contributed by atoms with Crippen molar-refractivity contribution in [1.82, 2.24) is 9.29 Å². The number of hydrogen-bond donors (Lipinski definition) is 2. The second-order valence-electron chi connectivity index (χ2n) is 4.16. The minimum atomic E-state index is -3.62. The average Bonchev–Trinajstić information content (AvgIpc) is 2.38. The van der Waals surface area contributed by atoms with Crippen molar-refractivity contribution in [3.8, 4) is 0 Å². The van der Waals surface area contributed by atoms with Gasteiger partial charge in [0.2, 0.25) is 0 Å². The van der Waals surface area contributed by atoms with E-state index in [4.69, 9.17) is 5.84 Å². The quantitative estimate of drug-likeness (QED) is 0.599. The first-order valence-corrected chi connectivity index (χ1v) is 7.28. The SMILES string of the molecule is CCCC(C)N(C)S(=O)(=O)c1ncccc1NN. The molecule has 0 aliphatic rings. The molecule has 1 rings (SSSR count). The van der Waals surface area contributed by atoms with E-state index in [9.17, 15) is 8.42 Å². The molecule has 1 aromatic heterocycles. The van der Waals surface area contributed by atoms with E-state index < -0.39 is 10.0 Å². The van der Waals surface area contributed by atoms with E-state index in [0.717, 1.165) is 12.8 Å². The number of aromatic nitrogens is 1. The molecule has 0 bridgehead atoms. The lowest BCUT2D eigenvalue weighted by Crippen LogP contribution is -2.36. The Bertz CT molecular complexity index is 490. The highest BCUT2D eigenvalue weighted by Gasteiger charge is 2.28. The van der Waals surface area contributed by atoms with Crippen molar-refractivity contribution in [1.29, 1.82) is 0 Å². The molecule has 6 nitrogen and oxygen atoms in total. The first kappa shape index (κ1) is 14.9. The molecule has 1 aromatic rings. The van der Waals surface area contributed by atoms with Crippen LogP contribution in [0.25, 0.3) is 0 Å². The molecule has 0 aliphatic carbocycles. The Morgan fingerprint density at radius 1 is 1.56 bits per heavy atom. The van der Waals surface area contributed by atoms with Crippen LogP contribution in [0, 0.1) is 0 Å². The van der Waals surface area contributed by atoms with Gasteiger partial charge in [0.05, 0.1) is 5.69 Å². The predicted molar refractivity (Wildman–Crippen MR) is 71.4 cm³/mol. The number of sulfonamides is 1. The fourth-order valence-electron chi connectivity index (χ4n) is 1.68. The molecule has 7 heteroatoms. The van der Waals surface area contributed by atoms with Crippen molar-refractivity contribution in [3.63, 3.8) is 0 Å². The zero-order valence-electron chi connectivity index (χ0n) is 10.9. The van der Waals surface area contributed by atoms with Gasteiger partial charge in [-0.2, -0.15) is 4.31 Å². The van der Waals surface area contributed by atoms with Gasteiger partial charge in [-0.05, 0) is 25.5 Å². The third kappa shape index (κ3) is 2.98. The van der Waals surface area contributed by atoms with Gasteiger partial charge in [-0.3, -0.25) is 5.84 Å². The minimum absolute atomic E-state index is 0.0436. The standard InChI is InChI=1S/C11H20N4O2S/c1-4-6-9(2)15(3)18(16,17)11-10(14-12)7-5-8-13-11/h5,7-9,14H,4,6,12H2,1-3H3. The van der Waals surface area contributed by atoms with Gasteiger partial charge in [-0.1, -0.05) is 13.3 Å². The van der Waals surface area contributed by atoms with Crippen LogP contribution in [-0.4, -0.2) is 30.8 Å². The highest BCUT2D eigenvalue weighted by molar-refractivity contribution is 7.89. The molecule has 0 amide bonds. The topological polar surface area (TPSA) is 88.3 Å². The fourth-order valence-corrected chi connectivity index (χ4v) is 3.13. The number of nitrogens with one attached hydrogen (secondary N) is 1. The van der Waals surface area contributed by atoms with Crippen LogP contribution >= 0.6 is 0 Å². The summed E-state index contributed by atoms with van der Waals surface area (Å²) in [5.74, 6) is 5.31. The Kier molecular flexibility index (Phi) is 5.06. The second-order valence-corrected chi connectivity index (χ2v) is 6.07. The minimum Gasteiger partial charge on any atom is -0.321 e. The van der Waals surface area contributed by atoms with Gasteiger partial charge in [0.25, 0.3) is 10.0 Å². The molecule has 0 aromatic carbocycles. The fraction of sp³-hybridized carbons (Fsp3) is 0.545. The van der Waals surface area contributed by atoms with Gasteiger partial charge in [-0.25, -0.2) is 13.4 Å². The Balaban J connectivity index is 3.13. The number of rotatable bonds is 6. The van der Waals surface area contributed by atoms with E-state index in [1.165, 1.54) is 10.5 Å². The summed E-state index contributed by atoms with van der Waals surface area (Å²) in [4.78, 5) is 3.91. The van der Waals surface area contributed by atoms with E-state index in [0.29, 0.717) is 5.69 Å². The Labute approximate surface area is 108 Å². The lowest BCUT2D eigenvalue weighted by atomic mass is 10.2. The zero-order chi connectivity index (χ0) is 13.8. The van der Waals surface area contributed by atoms with Crippen LogP contribution in [0.2, 0.25) is 0 Å². The van der Waals surface area contributed by atoms with Crippen molar-refractivity contribution in [2.24, 2.45) is 5.84 Å². The Hall–Kier alpha value is -1.18. The maximum absolute atomic E-state index is 12.4. The number of nitrogen functional groups attached to an aromatic ring is 1. The van der Waals surface area contributed by atoms with Gasteiger partial charge in [0, 0.05) is 19.3 Å². The summed E-state index contributed by atoms with van der Waals surface area (Å²) < 4.78 is 26.1. The van der Waals surface area contributed by atoms with Crippen LogP contribution in [-0.2, 0) is 10.0 Å². The number of hydrazine groups is 1.